The van der Waals surface area contributed by atoms with Crippen LogP contribution in [0.4, 0.5) is 5.13 Å². The number of anilines is 1. The van der Waals surface area contributed by atoms with Gasteiger partial charge in [-0.3, -0.25) is 10.1 Å². The fourth-order valence-electron chi connectivity index (χ4n) is 0.961. The third kappa shape index (κ3) is 2.46. The van der Waals surface area contributed by atoms with E-state index in [9.17, 15) is 4.79 Å². The van der Waals surface area contributed by atoms with Crippen molar-refractivity contribution in [3.05, 3.63) is 33.5 Å². The van der Waals surface area contributed by atoms with Crippen molar-refractivity contribution in [2.45, 2.75) is 0 Å². The van der Waals surface area contributed by atoms with E-state index in [-0.39, 0.29) is 15.9 Å². The van der Waals surface area contributed by atoms with Crippen molar-refractivity contribution in [2.75, 3.05) is 5.32 Å². The van der Waals surface area contributed by atoms with Gasteiger partial charge in [-0.2, -0.15) is 0 Å². The first kappa shape index (κ1) is 11.3. The van der Waals surface area contributed by atoms with E-state index >= 15 is 0 Å². The van der Waals surface area contributed by atoms with E-state index in [0.717, 1.165) is 0 Å². The van der Waals surface area contributed by atoms with Crippen LogP contribution in [-0.4, -0.2) is 21.1 Å². The molecule has 2 aromatic heterocycles. The van der Waals surface area contributed by atoms with E-state index in [2.05, 4.69) is 20.5 Å². The van der Waals surface area contributed by atoms with Gasteiger partial charge in [0.2, 0.25) is 5.13 Å². The lowest BCUT2D eigenvalue weighted by molar-refractivity contribution is 0.102. The smallest absolute Gasteiger partial charge is 0.277 e. The van der Waals surface area contributed by atoms with Crippen LogP contribution in [0.3, 0.4) is 0 Å². The number of carbonyl (C=O) groups is 1. The van der Waals surface area contributed by atoms with Gasteiger partial charge >= 0.3 is 0 Å². The summed E-state index contributed by atoms with van der Waals surface area (Å²) in [4.78, 5) is 15.5. The van der Waals surface area contributed by atoms with Gasteiger partial charge in [0.15, 0.2) is 0 Å². The van der Waals surface area contributed by atoms with Crippen LogP contribution in [0.15, 0.2) is 17.6 Å². The van der Waals surface area contributed by atoms with Crippen LogP contribution in [0.2, 0.25) is 10.2 Å². The maximum atomic E-state index is 11.7. The van der Waals surface area contributed by atoms with Gasteiger partial charge in [0.05, 0.1) is 5.02 Å². The summed E-state index contributed by atoms with van der Waals surface area (Å²) in [6.45, 7) is 0. The predicted octanol–water partition coefficient (Wildman–Crippen LogP) is 2.49. The Hall–Kier alpha value is -1.24. The third-order valence-corrected chi connectivity index (χ3v) is 2.73. The number of amides is 1. The molecule has 2 aromatic rings. The van der Waals surface area contributed by atoms with Crippen molar-refractivity contribution in [1.82, 2.24) is 15.2 Å². The first-order valence-electron chi connectivity index (χ1n) is 4.06. The molecule has 0 unspecified atom stereocenters. The molecule has 0 fully saturated rings. The molecule has 0 bridgehead atoms. The molecule has 2 rings (SSSR count). The van der Waals surface area contributed by atoms with Crippen LogP contribution >= 0.6 is 34.5 Å². The second kappa shape index (κ2) is 4.73. The normalized spacial score (nSPS) is 10.1. The second-order valence-electron chi connectivity index (χ2n) is 2.66. The summed E-state index contributed by atoms with van der Waals surface area (Å²) in [5.41, 5.74) is 1.56. The molecule has 0 radical (unpaired) electrons. The highest BCUT2D eigenvalue weighted by Crippen LogP contribution is 2.18. The Morgan fingerprint density at radius 2 is 2.19 bits per heavy atom. The molecule has 0 aromatic carbocycles. The van der Waals surface area contributed by atoms with Crippen LogP contribution in [0.25, 0.3) is 0 Å². The van der Waals surface area contributed by atoms with Gasteiger partial charge in [-0.15, -0.1) is 10.2 Å². The number of hydrogen-bond acceptors (Lipinski definition) is 5. The average molecular weight is 275 g/mol. The van der Waals surface area contributed by atoms with Gasteiger partial charge in [-0.25, -0.2) is 4.98 Å². The molecule has 8 heteroatoms. The van der Waals surface area contributed by atoms with Crippen molar-refractivity contribution in [2.24, 2.45) is 0 Å². The molecule has 2 heterocycles. The van der Waals surface area contributed by atoms with Gasteiger partial charge in [-0.1, -0.05) is 34.5 Å². The zero-order valence-electron chi connectivity index (χ0n) is 7.65. The molecule has 1 amide bonds. The Kier molecular flexibility index (Phi) is 3.33. The number of rotatable bonds is 2. The van der Waals surface area contributed by atoms with E-state index < -0.39 is 5.91 Å². The molecule has 5 nitrogen and oxygen atoms in total. The number of nitrogens with one attached hydrogen (secondary N) is 1. The topological polar surface area (TPSA) is 67.8 Å². The summed E-state index contributed by atoms with van der Waals surface area (Å²) in [7, 11) is 0. The average Bonchev–Trinajstić information content (AvgIpc) is 2.74. The van der Waals surface area contributed by atoms with E-state index in [0.29, 0.717) is 5.13 Å². The summed E-state index contributed by atoms with van der Waals surface area (Å²) in [5.74, 6) is -0.468. The van der Waals surface area contributed by atoms with Crippen molar-refractivity contribution in [1.29, 1.82) is 0 Å². The van der Waals surface area contributed by atoms with Crippen LogP contribution in [0.1, 0.15) is 10.5 Å². The Labute approximate surface area is 104 Å². The lowest BCUT2D eigenvalue weighted by atomic mass is 10.3. The molecule has 0 aliphatic carbocycles. The summed E-state index contributed by atoms with van der Waals surface area (Å²) in [6.07, 6.45) is 0. The van der Waals surface area contributed by atoms with Crippen LogP contribution in [0, 0.1) is 0 Å². The Balaban J connectivity index is 2.24. The van der Waals surface area contributed by atoms with Gasteiger partial charge in [0, 0.05) is 0 Å². The second-order valence-corrected chi connectivity index (χ2v) is 4.29. The third-order valence-electron chi connectivity index (χ3n) is 1.61. The van der Waals surface area contributed by atoms with Crippen molar-refractivity contribution >= 4 is 45.6 Å². The molecule has 0 aliphatic rings. The van der Waals surface area contributed by atoms with Crippen LogP contribution in [-0.2, 0) is 0 Å². The highest BCUT2D eigenvalue weighted by molar-refractivity contribution is 7.13. The highest BCUT2D eigenvalue weighted by Gasteiger charge is 2.14. The lowest BCUT2D eigenvalue weighted by Gasteiger charge is -2.02. The molecule has 0 atom stereocenters. The summed E-state index contributed by atoms with van der Waals surface area (Å²) < 4.78 is 0. The SMILES string of the molecule is O=C(Nc1nncs1)c1nc(Cl)ccc1Cl. The highest BCUT2D eigenvalue weighted by atomic mass is 35.5. The van der Waals surface area contributed by atoms with Gasteiger partial charge in [0.1, 0.15) is 16.4 Å². The minimum atomic E-state index is -0.468. The molecule has 1 N–H and O–H groups in total. The summed E-state index contributed by atoms with van der Waals surface area (Å²) >= 11 is 12.7. The predicted molar refractivity (Wildman–Crippen MR) is 62.1 cm³/mol. The fraction of sp³-hybridized carbons (Fsp3) is 0. The molecule has 0 spiro atoms. The van der Waals surface area contributed by atoms with Gasteiger partial charge in [-0.05, 0) is 12.1 Å². The monoisotopic (exact) mass is 274 g/mol. The quantitative estimate of drug-likeness (QED) is 0.855. The van der Waals surface area contributed by atoms with E-state index in [1.165, 1.54) is 29.0 Å². The molecular weight excluding hydrogens is 271 g/mol. The number of hydrogen-bond donors (Lipinski definition) is 1. The van der Waals surface area contributed by atoms with Crippen molar-refractivity contribution < 1.29 is 4.79 Å². The van der Waals surface area contributed by atoms with E-state index in [1.807, 2.05) is 0 Å². The molecule has 0 saturated carbocycles. The number of halogens is 2. The van der Waals surface area contributed by atoms with Crippen LogP contribution < -0.4 is 5.32 Å². The number of aromatic nitrogens is 3. The van der Waals surface area contributed by atoms with E-state index in [4.69, 9.17) is 23.2 Å². The zero-order valence-corrected chi connectivity index (χ0v) is 9.97. The Morgan fingerprint density at radius 1 is 1.38 bits per heavy atom. The van der Waals surface area contributed by atoms with E-state index in [1.54, 1.807) is 0 Å². The fourth-order valence-corrected chi connectivity index (χ4v) is 1.74. The van der Waals surface area contributed by atoms with Gasteiger partial charge in [0.25, 0.3) is 5.91 Å². The standard InChI is InChI=1S/C8H4Cl2N4OS/c9-4-1-2-5(10)12-6(4)7(15)13-8-14-11-3-16-8/h1-3H,(H,13,14,15). The maximum absolute atomic E-state index is 11.7. The first-order chi connectivity index (χ1) is 7.66. The Bertz CT molecular complexity index is 517. The van der Waals surface area contributed by atoms with Crippen molar-refractivity contribution in [3.63, 3.8) is 0 Å². The molecule has 16 heavy (non-hydrogen) atoms. The lowest BCUT2D eigenvalue weighted by Crippen LogP contribution is -2.14. The molecule has 82 valence electrons. The number of pyridine rings is 1. The number of nitrogens with zero attached hydrogens (tertiary/aromatic N) is 3. The zero-order chi connectivity index (χ0) is 11.5. The summed E-state index contributed by atoms with van der Waals surface area (Å²) in [6, 6.07) is 3.01. The first-order valence-corrected chi connectivity index (χ1v) is 5.70. The molecule has 0 saturated heterocycles. The molecular formula is C8H4Cl2N4OS. The van der Waals surface area contributed by atoms with Gasteiger partial charge < -0.3 is 0 Å². The number of carbonyl (C=O) groups excluding carboxylic acids is 1. The minimum Gasteiger partial charge on any atom is -0.295 e. The van der Waals surface area contributed by atoms with Crippen molar-refractivity contribution in [3.8, 4) is 0 Å². The molecule has 0 aliphatic heterocycles. The Morgan fingerprint density at radius 3 is 2.88 bits per heavy atom. The summed E-state index contributed by atoms with van der Waals surface area (Å²) in [5, 5.41) is 10.6. The largest absolute Gasteiger partial charge is 0.295 e. The maximum Gasteiger partial charge on any atom is 0.277 e. The minimum absolute atomic E-state index is 0.0596. The van der Waals surface area contributed by atoms with Crippen LogP contribution in [0.5, 0.6) is 0 Å².